The number of hydrogen-bond donors (Lipinski definition) is 0. The fourth-order valence-electron chi connectivity index (χ4n) is 2.15. The van der Waals surface area contributed by atoms with Gasteiger partial charge in [-0.2, -0.15) is 0 Å². The number of hydrogen-bond acceptors (Lipinski definition) is 1. The molecule has 0 atom stereocenters. The summed E-state index contributed by atoms with van der Waals surface area (Å²) in [7, 11) is 0. The summed E-state index contributed by atoms with van der Waals surface area (Å²) in [6, 6.07) is -1.60. The summed E-state index contributed by atoms with van der Waals surface area (Å²) in [5, 5.41) is 0. The van der Waals surface area contributed by atoms with Crippen LogP contribution in [-0.2, 0) is 4.79 Å². The van der Waals surface area contributed by atoms with Crippen molar-refractivity contribution in [1.82, 2.24) is 0 Å². The van der Waals surface area contributed by atoms with Gasteiger partial charge in [0.15, 0.2) is 0 Å². The Kier molecular flexibility index (Phi) is 12.4. The van der Waals surface area contributed by atoms with Crippen molar-refractivity contribution in [2.45, 2.75) is 88.4 Å². The molecule has 0 heterocycles. The molecule has 0 rings (SSSR count). The predicted molar refractivity (Wildman–Crippen MR) is 102 cm³/mol. The zero-order valence-electron chi connectivity index (χ0n) is 13.2. The van der Waals surface area contributed by atoms with E-state index in [0.717, 1.165) is 25.3 Å². The van der Waals surface area contributed by atoms with E-state index in [1.54, 1.807) is 0 Å². The predicted octanol–water partition coefficient (Wildman–Crippen LogP) is 7.29. The van der Waals surface area contributed by atoms with Gasteiger partial charge in [0.05, 0.1) is 4.32 Å². The van der Waals surface area contributed by atoms with Crippen molar-refractivity contribution in [2.75, 3.05) is 0 Å². The van der Waals surface area contributed by atoms with E-state index in [2.05, 4.69) is 15.9 Å². The van der Waals surface area contributed by atoms with Gasteiger partial charge in [-0.05, 0) is 26.3 Å². The molecule has 126 valence electrons. The average Bonchev–Trinajstić information content (AvgIpc) is 2.33. The molecule has 6 heteroatoms. The van der Waals surface area contributed by atoms with Crippen LogP contribution < -0.4 is 0 Å². The summed E-state index contributed by atoms with van der Waals surface area (Å²) < 4.78 is -0.359. The second kappa shape index (κ2) is 11.7. The molecule has 0 spiro atoms. The molecule has 0 saturated heterocycles. The molecule has 0 N–H and O–H groups in total. The summed E-state index contributed by atoms with van der Waals surface area (Å²) in [5.74, 6) is 0.306. The van der Waals surface area contributed by atoms with Crippen molar-refractivity contribution in [2.24, 2.45) is 0 Å². The lowest BCUT2D eigenvalue weighted by Crippen LogP contribution is -2.23. The van der Waals surface area contributed by atoms with E-state index >= 15 is 0 Å². The van der Waals surface area contributed by atoms with Crippen LogP contribution in [0.5, 0.6) is 0 Å². The number of ketones is 1. The van der Waals surface area contributed by atoms with E-state index in [4.69, 9.17) is 33.2 Å². The monoisotopic (exact) mass is 436 g/mol. The first kappa shape index (κ1) is 22.2. The highest BCUT2D eigenvalue weighted by Crippen LogP contribution is 2.27. The topological polar surface area (TPSA) is 17.1 Å². The van der Waals surface area contributed by atoms with Gasteiger partial charge in [-0.15, -0.1) is 33.2 Å². The smallest absolute Gasteiger partial charge is 0.298 e. The van der Waals surface area contributed by atoms with Crippen molar-refractivity contribution >= 4 is 61.0 Å². The van der Waals surface area contributed by atoms with Crippen molar-refractivity contribution in [3.05, 3.63) is 0 Å². The molecule has 0 saturated carbocycles. The fourth-order valence-corrected chi connectivity index (χ4v) is 4.20. The quantitative estimate of drug-likeness (QED) is 0.128. The van der Waals surface area contributed by atoms with E-state index in [0.29, 0.717) is 12.2 Å². The zero-order chi connectivity index (χ0) is 16.4. The maximum atomic E-state index is 11.7. The Bertz CT molecular complexity index is 288. The minimum Gasteiger partial charge on any atom is -0.298 e. The SMILES string of the molecule is CC(C)(Br)C(=O)CCCCCCCCCCC[Si](Cl)(Cl)Cl. The van der Waals surface area contributed by atoms with Crippen LogP contribution in [-0.4, -0.2) is 16.1 Å². The van der Waals surface area contributed by atoms with Crippen LogP contribution in [0.1, 0.15) is 78.1 Å². The van der Waals surface area contributed by atoms with Crippen LogP contribution in [0.4, 0.5) is 0 Å². The number of Topliss-reactive ketones (excluding diaryl/α,β-unsaturated/α-hetero) is 1. The zero-order valence-corrected chi connectivity index (χ0v) is 18.1. The molecule has 0 fully saturated rings. The van der Waals surface area contributed by atoms with Gasteiger partial charge in [-0.3, -0.25) is 4.79 Å². The summed E-state index contributed by atoms with van der Waals surface area (Å²) in [6.45, 7) is 3.83. The van der Waals surface area contributed by atoms with Crippen LogP contribution in [0.3, 0.4) is 0 Å². The Morgan fingerprint density at radius 1 is 0.857 bits per heavy atom. The van der Waals surface area contributed by atoms with E-state index < -0.39 is 6.00 Å². The molecule has 0 bridgehead atoms. The number of halogens is 4. The first-order chi connectivity index (χ1) is 9.63. The normalized spacial score (nSPS) is 12.7. The first-order valence-electron chi connectivity index (χ1n) is 7.92. The Labute approximate surface area is 153 Å². The van der Waals surface area contributed by atoms with Gasteiger partial charge in [0.2, 0.25) is 0 Å². The molecule has 0 aromatic rings. The summed E-state index contributed by atoms with van der Waals surface area (Å²) in [4.78, 5) is 11.7. The highest BCUT2D eigenvalue weighted by atomic mass is 79.9. The molecule has 21 heavy (non-hydrogen) atoms. The fraction of sp³-hybridized carbons (Fsp3) is 0.933. The van der Waals surface area contributed by atoms with E-state index in [-0.39, 0.29) is 4.32 Å². The third-order valence-corrected chi connectivity index (χ3v) is 6.59. The number of carbonyl (C=O) groups is 1. The summed E-state index contributed by atoms with van der Waals surface area (Å²) >= 11 is 20.9. The Hall–Kier alpha value is 1.24. The van der Waals surface area contributed by atoms with Gasteiger partial charge in [0.25, 0.3) is 0 Å². The molecule has 0 aromatic carbocycles. The molecule has 0 aliphatic heterocycles. The van der Waals surface area contributed by atoms with Crippen LogP contribution in [0.15, 0.2) is 0 Å². The van der Waals surface area contributed by atoms with Gasteiger partial charge in [-0.1, -0.05) is 67.3 Å². The van der Waals surface area contributed by atoms with Gasteiger partial charge in [0.1, 0.15) is 5.78 Å². The molecule has 0 aliphatic rings. The molecule has 0 aromatic heterocycles. The first-order valence-corrected chi connectivity index (χ1v) is 14.0. The van der Waals surface area contributed by atoms with Crippen molar-refractivity contribution in [1.29, 1.82) is 0 Å². The number of carbonyl (C=O) groups excluding carboxylic acids is 1. The highest BCUT2D eigenvalue weighted by Gasteiger charge is 2.23. The lowest BCUT2D eigenvalue weighted by molar-refractivity contribution is -0.120. The van der Waals surface area contributed by atoms with E-state index in [1.165, 1.54) is 38.5 Å². The van der Waals surface area contributed by atoms with Crippen LogP contribution in [0.2, 0.25) is 6.04 Å². The van der Waals surface area contributed by atoms with Crippen molar-refractivity contribution < 1.29 is 4.79 Å². The molecule has 1 nitrogen and oxygen atoms in total. The van der Waals surface area contributed by atoms with Crippen molar-refractivity contribution in [3.63, 3.8) is 0 Å². The molecule has 0 radical (unpaired) electrons. The van der Waals surface area contributed by atoms with Crippen molar-refractivity contribution in [3.8, 4) is 0 Å². The molecule has 0 aliphatic carbocycles. The standard InChI is InChI=1S/C15H28BrCl3OSi/c1-15(2,16)14(20)12-10-8-6-4-3-5-7-9-11-13-21(17,18)19/h3-13H2,1-2H3. The average molecular weight is 439 g/mol. The van der Waals surface area contributed by atoms with E-state index in [9.17, 15) is 4.79 Å². The highest BCUT2D eigenvalue weighted by molar-refractivity contribution is 9.10. The minimum absolute atomic E-state index is 0.306. The summed E-state index contributed by atoms with van der Waals surface area (Å²) in [5.41, 5.74) is 0. The lowest BCUT2D eigenvalue weighted by Gasteiger charge is -2.13. The molecular weight excluding hydrogens is 411 g/mol. The summed E-state index contributed by atoms with van der Waals surface area (Å²) in [6.07, 6.45) is 11.4. The minimum atomic E-state index is -2.38. The number of rotatable bonds is 13. The second-order valence-electron chi connectivity index (χ2n) is 6.19. The van der Waals surface area contributed by atoms with Gasteiger partial charge >= 0.3 is 6.00 Å². The second-order valence-corrected chi connectivity index (χ2v) is 17.5. The lowest BCUT2D eigenvalue weighted by atomic mass is 10.0. The van der Waals surface area contributed by atoms with Crippen LogP contribution in [0.25, 0.3) is 0 Å². The molecule has 0 unspecified atom stereocenters. The van der Waals surface area contributed by atoms with Gasteiger partial charge < -0.3 is 0 Å². The third-order valence-electron chi connectivity index (χ3n) is 3.53. The van der Waals surface area contributed by atoms with E-state index in [1.807, 2.05) is 13.8 Å². The van der Waals surface area contributed by atoms with Gasteiger partial charge in [-0.25, -0.2) is 0 Å². The number of alkyl halides is 1. The Morgan fingerprint density at radius 3 is 1.62 bits per heavy atom. The molecule has 0 amide bonds. The maximum absolute atomic E-state index is 11.7. The molecular formula is C15H28BrCl3OSi. The maximum Gasteiger partial charge on any atom is 0.341 e. The van der Waals surface area contributed by atoms with Crippen LogP contribution >= 0.6 is 49.2 Å². The largest absolute Gasteiger partial charge is 0.341 e. The van der Waals surface area contributed by atoms with Gasteiger partial charge in [0, 0.05) is 6.42 Å². The van der Waals surface area contributed by atoms with Crippen LogP contribution in [0, 0.1) is 0 Å². The Balaban J connectivity index is 3.25. The third kappa shape index (κ3) is 15.9. The number of unbranched alkanes of at least 4 members (excludes halogenated alkanes) is 8. The Morgan fingerprint density at radius 2 is 1.24 bits per heavy atom.